The summed E-state index contributed by atoms with van der Waals surface area (Å²) in [6, 6.07) is 30.4. The Morgan fingerprint density at radius 3 is 1.95 bits per heavy atom. The zero-order valence-electron chi connectivity index (χ0n) is 41.2. The van der Waals surface area contributed by atoms with E-state index >= 15 is 0 Å². The van der Waals surface area contributed by atoms with Crippen molar-refractivity contribution in [1.29, 1.82) is 0 Å². The lowest BCUT2D eigenvalue weighted by Gasteiger charge is -2.13. The molecule has 0 bridgehead atoms. The number of benzene rings is 8. The lowest BCUT2D eigenvalue weighted by molar-refractivity contribution is 0.669. The molecular formula is C51H32N4O. The highest BCUT2D eigenvalue weighted by Crippen LogP contribution is 2.40. The molecule has 0 atom stereocenters. The lowest BCUT2D eigenvalue weighted by atomic mass is 9.99. The second kappa shape index (κ2) is 13.0. The number of hydrogen-bond acceptors (Lipinski definition) is 4. The molecule has 0 saturated carbocycles. The van der Waals surface area contributed by atoms with Crippen LogP contribution in [0.25, 0.3) is 106 Å². The quantitative estimate of drug-likeness (QED) is 0.171. The van der Waals surface area contributed by atoms with E-state index in [1.54, 1.807) is 24.3 Å². The zero-order chi connectivity index (χ0) is 47.4. The van der Waals surface area contributed by atoms with Gasteiger partial charge in [-0.1, -0.05) is 158 Å². The van der Waals surface area contributed by atoms with E-state index in [1.807, 2.05) is 97.1 Å². The predicted octanol–water partition coefficient (Wildman–Crippen LogP) is 13.2. The summed E-state index contributed by atoms with van der Waals surface area (Å²) in [5.41, 5.74) is 4.34. The molecule has 0 amide bonds. The highest BCUT2D eigenvalue weighted by Gasteiger charge is 2.20. The van der Waals surface area contributed by atoms with Crippen molar-refractivity contribution in [1.82, 2.24) is 19.5 Å². The van der Waals surface area contributed by atoms with Crippen molar-refractivity contribution in [3.63, 3.8) is 0 Å². The van der Waals surface area contributed by atoms with Crippen molar-refractivity contribution in [2.24, 2.45) is 0 Å². The maximum absolute atomic E-state index is 9.44. The van der Waals surface area contributed by atoms with E-state index in [9.17, 15) is 2.74 Å². The largest absolute Gasteiger partial charge is 0.455 e. The third kappa shape index (κ3) is 5.29. The maximum Gasteiger partial charge on any atom is 0.167 e. The van der Waals surface area contributed by atoms with Crippen LogP contribution in [0.15, 0.2) is 198 Å². The van der Waals surface area contributed by atoms with Crippen LogP contribution in [0.4, 0.5) is 0 Å². The van der Waals surface area contributed by atoms with Crippen LogP contribution in [0.5, 0.6) is 0 Å². The monoisotopic (exact) mass is 728 g/mol. The van der Waals surface area contributed by atoms with Crippen LogP contribution in [-0.4, -0.2) is 19.5 Å². The van der Waals surface area contributed by atoms with E-state index in [4.69, 9.17) is 33.1 Å². The van der Waals surface area contributed by atoms with Gasteiger partial charge >= 0.3 is 0 Å². The molecule has 11 rings (SSSR count). The smallest absolute Gasteiger partial charge is 0.167 e. The Balaban J connectivity index is 1.19. The van der Waals surface area contributed by atoms with Crippen molar-refractivity contribution < 1.29 is 20.9 Å². The van der Waals surface area contributed by atoms with E-state index in [-0.39, 0.29) is 38.8 Å². The Kier molecular flexibility index (Phi) is 5.10. The fourth-order valence-corrected chi connectivity index (χ4v) is 7.29. The first kappa shape index (κ1) is 21.9. The number of hydrogen-bond donors (Lipinski definition) is 0. The molecule has 8 aromatic carbocycles. The highest BCUT2D eigenvalue weighted by molar-refractivity contribution is 6.14. The topological polar surface area (TPSA) is 56.7 Å². The highest BCUT2D eigenvalue weighted by atomic mass is 16.3. The zero-order valence-corrected chi connectivity index (χ0v) is 29.2. The van der Waals surface area contributed by atoms with Gasteiger partial charge in [-0.15, -0.1) is 0 Å². The summed E-state index contributed by atoms with van der Waals surface area (Å²) in [4.78, 5) is 15.0. The number of nitrogens with zero attached hydrogens (tertiary/aromatic N) is 4. The van der Waals surface area contributed by atoms with Crippen LogP contribution in [-0.2, 0) is 0 Å². The maximum atomic E-state index is 9.44. The summed E-state index contributed by atoms with van der Waals surface area (Å²) in [6.07, 6.45) is 0. The molecule has 0 N–H and O–H groups in total. The average molecular weight is 729 g/mol. The molecule has 0 radical (unpaired) electrons. The Bertz CT molecular complexity index is 3920. The van der Waals surface area contributed by atoms with Crippen LogP contribution in [0.1, 0.15) is 16.4 Å². The van der Waals surface area contributed by atoms with Gasteiger partial charge in [0, 0.05) is 43.9 Å². The molecule has 3 aromatic heterocycles. The first-order valence-electron chi connectivity index (χ1n) is 23.8. The van der Waals surface area contributed by atoms with Crippen LogP contribution >= 0.6 is 0 Å². The molecular weight excluding hydrogens is 685 g/mol. The molecule has 11 aromatic rings. The Morgan fingerprint density at radius 2 is 1.07 bits per heavy atom. The molecule has 3 heterocycles. The predicted molar refractivity (Wildman–Crippen MR) is 229 cm³/mol. The fourth-order valence-electron chi connectivity index (χ4n) is 7.29. The first-order valence-corrected chi connectivity index (χ1v) is 17.8. The minimum atomic E-state index is -0.704. The molecule has 0 spiro atoms. The Hall–Kier alpha value is -7.63. The molecule has 0 unspecified atom stereocenters. The summed E-state index contributed by atoms with van der Waals surface area (Å²) in [5, 5.41) is 1.41. The van der Waals surface area contributed by atoms with Crippen molar-refractivity contribution in [2.45, 2.75) is 0 Å². The summed E-state index contributed by atoms with van der Waals surface area (Å²) in [6.45, 7) is 0. The minimum absolute atomic E-state index is 0.0410. The third-order valence-electron chi connectivity index (χ3n) is 9.86. The number of aromatic nitrogens is 4. The first-order chi connectivity index (χ1) is 32.7. The SMILES string of the molecule is [2H]c1c([2H])c([2H])c(-n2c3c([2H])c([2H])c([2H])c([2H])c3c3c([2H])c([2H])c([2H])c(-c4cccc(-c5nc(-c6ccc(-c7ccccc7)cc6)nc(-c6cccc7c6oc6ccccc67)n5)c4)c32)c([2H])c1[2H]. The van der Waals surface area contributed by atoms with Gasteiger partial charge in [0.15, 0.2) is 17.5 Å². The fraction of sp³-hybridized carbons (Fsp3) is 0. The van der Waals surface area contributed by atoms with Crippen LogP contribution in [0, 0.1) is 0 Å². The normalized spacial score (nSPS) is 14.6. The lowest BCUT2D eigenvalue weighted by Crippen LogP contribution is -2.00. The summed E-state index contributed by atoms with van der Waals surface area (Å²) >= 11 is 0. The number of fused-ring (bicyclic) bond motifs is 6. The van der Waals surface area contributed by atoms with Gasteiger partial charge in [0.1, 0.15) is 11.2 Å². The molecule has 0 fully saturated rings. The summed E-state index contributed by atoms with van der Waals surface area (Å²) in [7, 11) is 0. The molecule has 0 saturated heterocycles. The van der Waals surface area contributed by atoms with Crippen molar-refractivity contribution in [3.05, 3.63) is 194 Å². The Labute approximate surface area is 339 Å². The van der Waals surface area contributed by atoms with Gasteiger partial charge in [-0.2, -0.15) is 0 Å². The van der Waals surface area contributed by atoms with E-state index in [0.717, 1.165) is 26.5 Å². The number of para-hydroxylation sites is 5. The summed E-state index contributed by atoms with van der Waals surface area (Å²) < 4.78 is 114. The summed E-state index contributed by atoms with van der Waals surface area (Å²) in [5.74, 6) is 0.847. The molecule has 5 heteroatoms. The third-order valence-corrected chi connectivity index (χ3v) is 9.86. The van der Waals surface area contributed by atoms with Gasteiger partial charge in [0.2, 0.25) is 0 Å². The minimum Gasteiger partial charge on any atom is -0.455 e. The number of furan rings is 1. The van der Waals surface area contributed by atoms with Gasteiger partial charge in [0.05, 0.1) is 33.0 Å². The molecule has 262 valence electrons. The van der Waals surface area contributed by atoms with E-state index in [2.05, 4.69) is 0 Å². The van der Waals surface area contributed by atoms with E-state index in [0.29, 0.717) is 39.5 Å². The second-order valence-electron chi connectivity index (χ2n) is 13.1. The van der Waals surface area contributed by atoms with Gasteiger partial charge in [-0.05, 0) is 53.0 Å². The van der Waals surface area contributed by atoms with Crippen molar-refractivity contribution >= 4 is 43.7 Å². The molecule has 0 aliphatic heterocycles. The van der Waals surface area contributed by atoms with Gasteiger partial charge in [-0.3, -0.25) is 0 Å². The Morgan fingerprint density at radius 1 is 0.429 bits per heavy atom. The molecule has 0 aliphatic rings. The van der Waals surface area contributed by atoms with Crippen molar-refractivity contribution in [2.75, 3.05) is 0 Å². The van der Waals surface area contributed by atoms with Gasteiger partial charge in [0.25, 0.3) is 0 Å². The van der Waals surface area contributed by atoms with Gasteiger partial charge in [-0.25, -0.2) is 15.0 Å². The number of rotatable bonds is 6. The standard InChI is InChI=1S/C51H32N4O/c1-3-14-33(15-4-1)34-28-30-35(31-29-34)49-52-50(54-51(53-49)44-25-13-24-43-41-21-8-10-27-46(41)56-48(43)44)37-17-11-16-36(32-37)39-22-12-23-42-40-20-7-9-26-45(40)55(47(39)42)38-18-5-2-6-19-38/h1-32H/i2D,5D,6D,7D,9D,12D,18D,19D,20D,22D,23D,26D. The van der Waals surface area contributed by atoms with Crippen LogP contribution in [0.3, 0.4) is 0 Å². The van der Waals surface area contributed by atoms with E-state index in [1.165, 1.54) is 0 Å². The molecule has 5 nitrogen and oxygen atoms in total. The van der Waals surface area contributed by atoms with Gasteiger partial charge < -0.3 is 8.98 Å². The van der Waals surface area contributed by atoms with Crippen molar-refractivity contribution in [3.8, 4) is 62.1 Å². The molecule has 56 heavy (non-hydrogen) atoms. The van der Waals surface area contributed by atoms with Crippen LogP contribution < -0.4 is 0 Å². The second-order valence-corrected chi connectivity index (χ2v) is 13.1. The van der Waals surface area contributed by atoms with Crippen LogP contribution in [0.2, 0.25) is 0 Å². The molecule has 0 aliphatic carbocycles. The average Bonchev–Trinajstić information content (AvgIpc) is 3.93. The van der Waals surface area contributed by atoms with E-state index < -0.39 is 78.2 Å².